The summed E-state index contributed by atoms with van der Waals surface area (Å²) >= 11 is 5.89. The first-order valence-electron chi connectivity index (χ1n) is 9.13. The Kier molecular flexibility index (Phi) is 6.32. The minimum atomic E-state index is -0.434. The van der Waals surface area contributed by atoms with E-state index in [0.29, 0.717) is 48.1 Å². The van der Waals surface area contributed by atoms with E-state index >= 15 is 0 Å². The maximum atomic E-state index is 12.6. The Labute approximate surface area is 173 Å². The third-order valence-electron chi connectivity index (χ3n) is 5.02. The summed E-state index contributed by atoms with van der Waals surface area (Å²) in [5.41, 5.74) is 1.40. The SMILES string of the molecule is C[C@@H](C(=O)Nc1ccccc1C#N)N1CCN(c2ccc(Cl)cc2[N+](=O)[O-])CC1. The van der Waals surface area contributed by atoms with Crippen molar-refractivity contribution in [2.45, 2.75) is 13.0 Å². The minimum Gasteiger partial charge on any atom is -0.363 e. The molecule has 0 spiro atoms. The molecule has 1 aliphatic heterocycles. The van der Waals surface area contributed by atoms with Gasteiger partial charge in [-0.05, 0) is 31.2 Å². The molecule has 1 atom stereocenters. The summed E-state index contributed by atoms with van der Waals surface area (Å²) in [6.07, 6.45) is 0. The zero-order chi connectivity index (χ0) is 21.0. The summed E-state index contributed by atoms with van der Waals surface area (Å²) < 4.78 is 0. The van der Waals surface area contributed by atoms with Crippen LogP contribution in [0.2, 0.25) is 5.02 Å². The smallest absolute Gasteiger partial charge is 0.294 e. The number of nitrogens with zero attached hydrogens (tertiary/aromatic N) is 4. The van der Waals surface area contributed by atoms with E-state index in [9.17, 15) is 14.9 Å². The minimum absolute atomic E-state index is 0.0233. The summed E-state index contributed by atoms with van der Waals surface area (Å²) in [7, 11) is 0. The second-order valence-electron chi connectivity index (χ2n) is 6.74. The second-order valence-corrected chi connectivity index (χ2v) is 7.17. The number of hydrogen-bond acceptors (Lipinski definition) is 6. The standard InChI is InChI=1S/C20H20ClN5O3/c1-14(20(27)23-17-5-3-2-4-15(17)13-22)24-8-10-25(11-9-24)18-7-6-16(21)12-19(18)26(28)29/h2-7,12,14H,8-11H2,1H3,(H,23,27)/t14-/m0/s1. The molecule has 1 aliphatic rings. The number of nitro groups is 1. The first-order chi connectivity index (χ1) is 13.9. The molecule has 150 valence electrons. The van der Waals surface area contributed by atoms with Gasteiger partial charge in [0, 0.05) is 37.3 Å². The Morgan fingerprint density at radius 2 is 1.93 bits per heavy atom. The van der Waals surface area contributed by atoms with Crippen LogP contribution in [0.5, 0.6) is 0 Å². The fourth-order valence-electron chi connectivity index (χ4n) is 3.35. The molecule has 2 aromatic carbocycles. The summed E-state index contributed by atoms with van der Waals surface area (Å²) in [5, 5.41) is 23.6. The number of hydrogen-bond donors (Lipinski definition) is 1. The monoisotopic (exact) mass is 413 g/mol. The molecule has 1 heterocycles. The summed E-state index contributed by atoms with van der Waals surface area (Å²) in [5.74, 6) is -0.196. The van der Waals surface area contributed by atoms with E-state index in [4.69, 9.17) is 16.9 Å². The molecular formula is C20H20ClN5O3. The number of rotatable bonds is 5. The van der Waals surface area contributed by atoms with Crippen molar-refractivity contribution in [3.63, 3.8) is 0 Å². The van der Waals surface area contributed by atoms with Crippen molar-refractivity contribution in [2.24, 2.45) is 0 Å². The van der Waals surface area contributed by atoms with Gasteiger partial charge in [0.1, 0.15) is 11.8 Å². The lowest BCUT2D eigenvalue weighted by atomic mass is 10.1. The summed E-state index contributed by atoms with van der Waals surface area (Å²) in [4.78, 5) is 27.5. The van der Waals surface area contributed by atoms with E-state index in [-0.39, 0.29) is 11.6 Å². The average Bonchev–Trinajstić information content (AvgIpc) is 2.73. The lowest BCUT2D eigenvalue weighted by Gasteiger charge is -2.38. The Hall–Kier alpha value is -3.15. The van der Waals surface area contributed by atoms with Crippen LogP contribution in [0.25, 0.3) is 0 Å². The molecule has 0 saturated carbocycles. The molecule has 29 heavy (non-hydrogen) atoms. The van der Waals surface area contributed by atoms with Gasteiger partial charge in [0.05, 0.1) is 22.2 Å². The molecule has 1 fully saturated rings. The van der Waals surface area contributed by atoms with Gasteiger partial charge in [0.15, 0.2) is 0 Å². The van der Waals surface area contributed by atoms with E-state index in [2.05, 4.69) is 11.4 Å². The maximum absolute atomic E-state index is 12.6. The predicted octanol–water partition coefficient (Wildman–Crippen LogP) is 3.27. The lowest BCUT2D eigenvalue weighted by molar-refractivity contribution is -0.384. The van der Waals surface area contributed by atoms with Crippen molar-refractivity contribution in [1.82, 2.24) is 4.90 Å². The van der Waals surface area contributed by atoms with Crippen molar-refractivity contribution in [1.29, 1.82) is 5.26 Å². The molecule has 9 heteroatoms. The molecule has 1 N–H and O–H groups in total. The van der Waals surface area contributed by atoms with Crippen LogP contribution in [-0.4, -0.2) is 48.0 Å². The van der Waals surface area contributed by atoms with Gasteiger partial charge in [-0.25, -0.2) is 0 Å². The van der Waals surface area contributed by atoms with Crippen molar-refractivity contribution < 1.29 is 9.72 Å². The van der Waals surface area contributed by atoms with Crippen LogP contribution >= 0.6 is 11.6 Å². The van der Waals surface area contributed by atoms with E-state index in [0.717, 1.165) is 0 Å². The van der Waals surface area contributed by atoms with Crippen LogP contribution in [0.4, 0.5) is 17.1 Å². The van der Waals surface area contributed by atoms with E-state index in [1.54, 1.807) is 36.4 Å². The van der Waals surface area contributed by atoms with Crippen LogP contribution in [0.3, 0.4) is 0 Å². The quantitative estimate of drug-likeness (QED) is 0.596. The van der Waals surface area contributed by atoms with Gasteiger partial charge in [-0.15, -0.1) is 0 Å². The third-order valence-corrected chi connectivity index (χ3v) is 5.26. The van der Waals surface area contributed by atoms with Gasteiger partial charge in [-0.3, -0.25) is 19.8 Å². The van der Waals surface area contributed by atoms with Crippen molar-refractivity contribution >= 4 is 34.6 Å². The maximum Gasteiger partial charge on any atom is 0.294 e. The van der Waals surface area contributed by atoms with Gasteiger partial charge >= 0.3 is 0 Å². The highest BCUT2D eigenvalue weighted by Crippen LogP contribution is 2.31. The zero-order valence-corrected chi connectivity index (χ0v) is 16.6. The van der Waals surface area contributed by atoms with Crippen LogP contribution in [-0.2, 0) is 4.79 Å². The fourth-order valence-corrected chi connectivity index (χ4v) is 3.52. The number of nitro benzene ring substituents is 1. The highest BCUT2D eigenvalue weighted by molar-refractivity contribution is 6.30. The van der Waals surface area contributed by atoms with E-state index in [1.165, 1.54) is 6.07 Å². The number of carbonyl (C=O) groups is 1. The molecule has 0 unspecified atom stereocenters. The predicted molar refractivity (Wildman–Crippen MR) is 111 cm³/mol. The number of nitriles is 1. The molecule has 0 aliphatic carbocycles. The molecule has 1 saturated heterocycles. The van der Waals surface area contributed by atoms with Crippen LogP contribution in [0.15, 0.2) is 42.5 Å². The Morgan fingerprint density at radius 1 is 1.24 bits per heavy atom. The van der Waals surface area contributed by atoms with Crippen molar-refractivity contribution in [3.05, 3.63) is 63.2 Å². The van der Waals surface area contributed by atoms with Gasteiger partial charge in [-0.1, -0.05) is 23.7 Å². The van der Waals surface area contributed by atoms with E-state index < -0.39 is 11.0 Å². The molecular weight excluding hydrogens is 394 g/mol. The molecule has 0 radical (unpaired) electrons. The largest absolute Gasteiger partial charge is 0.363 e. The lowest BCUT2D eigenvalue weighted by Crippen LogP contribution is -2.53. The van der Waals surface area contributed by atoms with Crippen molar-refractivity contribution in [2.75, 3.05) is 36.4 Å². The van der Waals surface area contributed by atoms with Gasteiger partial charge < -0.3 is 10.2 Å². The van der Waals surface area contributed by atoms with Crippen LogP contribution in [0.1, 0.15) is 12.5 Å². The third kappa shape index (κ3) is 4.65. The first-order valence-corrected chi connectivity index (χ1v) is 9.51. The Bertz CT molecular complexity index is 967. The van der Waals surface area contributed by atoms with Crippen LogP contribution < -0.4 is 10.2 Å². The summed E-state index contributed by atoms with van der Waals surface area (Å²) in [6.45, 7) is 4.07. The number of piperazine rings is 1. The number of halogens is 1. The zero-order valence-electron chi connectivity index (χ0n) is 15.8. The number of carbonyl (C=O) groups excluding carboxylic acids is 1. The van der Waals surface area contributed by atoms with Gasteiger partial charge in [0.25, 0.3) is 5.69 Å². The molecule has 2 aromatic rings. The summed E-state index contributed by atoms with van der Waals surface area (Å²) in [6, 6.07) is 13.2. The Balaban J connectivity index is 1.64. The van der Waals surface area contributed by atoms with Crippen molar-refractivity contribution in [3.8, 4) is 6.07 Å². The Morgan fingerprint density at radius 3 is 2.59 bits per heavy atom. The molecule has 0 bridgehead atoms. The highest BCUT2D eigenvalue weighted by Gasteiger charge is 2.28. The molecule has 0 aromatic heterocycles. The van der Waals surface area contributed by atoms with E-state index in [1.807, 2.05) is 16.7 Å². The first kappa shape index (κ1) is 20.6. The normalized spacial score (nSPS) is 15.4. The molecule has 8 nitrogen and oxygen atoms in total. The van der Waals surface area contributed by atoms with Gasteiger partial charge in [0.2, 0.25) is 5.91 Å². The van der Waals surface area contributed by atoms with Crippen LogP contribution in [0, 0.1) is 21.4 Å². The number of benzene rings is 2. The highest BCUT2D eigenvalue weighted by atomic mass is 35.5. The molecule has 3 rings (SSSR count). The number of para-hydroxylation sites is 1. The average molecular weight is 414 g/mol. The second kappa shape index (κ2) is 8.90. The fraction of sp³-hybridized carbons (Fsp3) is 0.300. The molecule has 1 amide bonds. The topological polar surface area (TPSA) is 103 Å². The number of nitrogens with one attached hydrogen (secondary N) is 1. The van der Waals surface area contributed by atoms with Gasteiger partial charge in [-0.2, -0.15) is 5.26 Å². The number of anilines is 2. The number of amides is 1.